The van der Waals surface area contributed by atoms with Crippen LogP contribution < -0.4 is 0 Å². The first-order valence-electron chi connectivity index (χ1n) is 10.9. The third-order valence-electron chi connectivity index (χ3n) is 7.77. The van der Waals surface area contributed by atoms with Gasteiger partial charge in [-0.05, 0) is 100 Å². The van der Waals surface area contributed by atoms with Gasteiger partial charge in [-0.25, -0.2) is 0 Å². The maximum Gasteiger partial charge on any atom is 0.0613 e. The van der Waals surface area contributed by atoms with Gasteiger partial charge in [0.1, 0.15) is 0 Å². The minimum absolute atomic E-state index is 0. The number of hydrogen-bond acceptors (Lipinski definition) is 1. The Balaban J connectivity index is 0.00000210. The van der Waals surface area contributed by atoms with Crippen molar-refractivity contribution < 1.29 is 0 Å². The van der Waals surface area contributed by atoms with Crippen LogP contribution in [0.1, 0.15) is 75.7 Å². The van der Waals surface area contributed by atoms with Crippen molar-refractivity contribution >= 4 is 35.0 Å². The van der Waals surface area contributed by atoms with Crippen LogP contribution in [0.2, 0.25) is 0 Å². The highest BCUT2D eigenvalue weighted by Gasteiger charge is 2.53. The van der Waals surface area contributed by atoms with Gasteiger partial charge in [-0.1, -0.05) is 65.8 Å². The fourth-order valence-electron chi connectivity index (χ4n) is 7.04. The molecule has 0 aromatic heterocycles. The van der Waals surface area contributed by atoms with Crippen LogP contribution in [0.3, 0.4) is 0 Å². The normalized spacial score (nSPS) is 33.7. The average Bonchev–Trinajstić information content (AvgIpc) is 2.60. The molecule has 4 fully saturated rings. The molecular weight excluding hydrogens is 465 g/mol. The summed E-state index contributed by atoms with van der Waals surface area (Å²) in [4.78, 5) is 2.36. The summed E-state index contributed by atoms with van der Waals surface area (Å²) < 4.78 is 0.683. The smallest absolute Gasteiger partial charge is 0.0613 e. The molecule has 2 atom stereocenters. The topological polar surface area (TPSA) is 3.24 Å². The van der Waals surface area contributed by atoms with E-state index in [2.05, 4.69) is 71.9 Å². The number of nitrogens with zero attached hydrogens (tertiary/aromatic N) is 1. The second-order valence-electron chi connectivity index (χ2n) is 9.93. The van der Waals surface area contributed by atoms with Gasteiger partial charge in [-0.3, -0.25) is 4.90 Å². The molecule has 0 saturated heterocycles. The number of rotatable bonds is 8. The summed E-state index contributed by atoms with van der Waals surface area (Å²) in [6.45, 7) is 0. The molecule has 4 aliphatic carbocycles. The third kappa shape index (κ3) is 4.86. The van der Waals surface area contributed by atoms with Crippen molar-refractivity contribution in [2.24, 2.45) is 23.2 Å². The highest BCUT2D eigenvalue weighted by Crippen LogP contribution is 2.65. The molecule has 0 radical (unpaired) electrons. The summed E-state index contributed by atoms with van der Waals surface area (Å²) in [7, 11) is 4.42. The Morgan fingerprint density at radius 3 is 1.96 bits per heavy atom. The maximum absolute atomic E-state index is 2.60. The Labute approximate surface area is 186 Å². The minimum atomic E-state index is 0. The fraction of sp³-hybridized carbons (Fsp3) is 0.750. The van der Waals surface area contributed by atoms with Crippen LogP contribution in [0, 0.1) is 23.2 Å². The summed E-state index contributed by atoms with van der Waals surface area (Å²) in [5, 5.41) is 0. The predicted molar refractivity (Wildman–Crippen MR) is 127 cm³/mol. The summed E-state index contributed by atoms with van der Waals surface area (Å²) in [5.41, 5.74) is 2.29. The number of halogens is 2. The Bertz CT molecular complexity index is 552. The van der Waals surface area contributed by atoms with E-state index < -0.39 is 0 Å². The van der Waals surface area contributed by atoms with Gasteiger partial charge in [-0.15, -0.1) is 12.4 Å². The predicted octanol–water partition coefficient (Wildman–Crippen LogP) is 7.29. The fourth-order valence-corrected chi connectivity index (χ4v) is 7.48. The van der Waals surface area contributed by atoms with Gasteiger partial charge < -0.3 is 0 Å². The first-order valence-corrected chi connectivity index (χ1v) is 12.2. The van der Waals surface area contributed by atoms with E-state index in [1.807, 2.05) is 0 Å². The molecule has 0 amide bonds. The lowest BCUT2D eigenvalue weighted by Gasteiger charge is -2.60. The summed E-state index contributed by atoms with van der Waals surface area (Å²) >= 11 is 2.60. The molecule has 5 rings (SSSR count). The SMILES string of the molecule is CN(C)C(I)CCCCC(c1ccccc1)C12CC3CC(CC(C3)C1)C2.Cl. The van der Waals surface area contributed by atoms with Crippen LogP contribution in [0.15, 0.2) is 30.3 Å². The largest absolute Gasteiger partial charge is 0.298 e. The average molecular weight is 502 g/mol. The molecule has 4 aliphatic rings. The second-order valence-corrected chi connectivity index (χ2v) is 11.4. The van der Waals surface area contributed by atoms with Crippen molar-refractivity contribution in [1.82, 2.24) is 4.90 Å². The van der Waals surface area contributed by atoms with Crippen LogP contribution in [-0.2, 0) is 0 Å². The zero-order chi connectivity index (χ0) is 18.1. The number of alkyl halides is 1. The van der Waals surface area contributed by atoms with Crippen molar-refractivity contribution in [3.8, 4) is 0 Å². The molecule has 0 N–H and O–H groups in total. The zero-order valence-corrected chi connectivity index (χ0v) is 20.1. The highest BCUT2D eigenvalue weighted by atomic mass is 127. The van der Waals surface area contributed by atoms with Gasteiger partial charge in [0.2, 0.25) is 0 Å². The molecule has 1 aromatic carbocycles. The van der Waals surface area contributed by atoms with Crippen LogP contribution in [0.25, 0.3) is 0 Å². The van der Waals surface area contributed by atoms with Crippen molar-refractivity contribution in [1.29, 1.82) is 0 Å². The molecule has 3 heteroatoms. The molecule has 2 unspecified atom stereocenters. The van der Waals surface area contributed by atoms with Gasteiger partial charge in [0, 0.05) is 0 Å². The zero-order valence-electron chi connectivity index (χ0n) is 17.1. The van der Waals surface area contributed by atoms with Crippen LogP contribution in [0.5, 0.6) is 0 Å². The lowest BCUT2D eigenvalue weighted by atomic mass is 9.45. The van der Waals surface area contributed by atoms with Crippen LogP contribution in [-0.4, -0.2) is 23.0 Å². The van der Waals surface area contributed by atoms with Crippen LogP contribution in [0.4, 0.5) is 0 Å². The lowest BCUT2D eigenvalue weighted by Crippen LogP contribution is -2.48. The quantitative estimate of drug-likeness (QED) is 0.156. The summed E-state index contributed by atoms with van der Waals surface area (Å²) in [6, 6.07) is 11.6. The molecule has 0 aliphatic heterocycles. The van der Waals surface area contributed by atoms with Crippen molar-refractivity contribution in [2.75, 3.05) is 14.1 Å². The van der Waals surface area contributed by atoms with Gasteiger partial charge in [0.25, 0.3) is 0 Å². The van der Waals surface area contributed by atoms with E-state index in [-0.39, 0.29) is 12.4 Å². The molecule has 1 nitrogen and oxygen atoms in total. The van der Waals surface area contributed by atoms with E-state index in [9.17, 15) is 0 Å². The number of unbranched alkanes of at least 4 members (excludes halogenated alkanes) is 1. The van der Waals surface area contributed by atoms with Gasteiger partial charge in [0.05, 0.1) is 4.05 Å². The molecule has 4 saturated carbocycles. The molecule has 27 heavy (non-hydrogen) atoms. The van der Waals surface area contributed by atoms with E-state index in [0.29, 0.717) is 9.46 Å². The molecular formula is C24H37ClIN. The standard InChI is InChI=1S/C24H36IN.ClH/c1-26(2)23(25)11-7-6-10-22(21-8-4-3-5-9-21)24-15-18-12-19(16-24)14-20(13-18)17-24;/h3-5,8-9,18-20,22-23H,6-7,10-17H2,1-2H3;1H. The van der Waals surface area contributed by atoms with E-state index in [0.717, 1.165) is 23.7 Å². The Hall–Kier alpha value is 0.200. The first kappa shape index (κ1) is 21.9. The number of hydrogen-bond donors (Lipinski definition) is 0. The Morgan fingerprint density at radius 2 is 1.44 bits per heavy atom. The van der Waals surface area contributed by atoms with E-state index in [1.165, 1.54) is 44.9 Å². The van der Waals surface area contributed by atoms with E-state index >= 15 is 0 Å². The van der Waals surface area contributed by atoms with Gasteiger partial charge >= 0.3 is 0 Å². The van der Waals surface area contributed by atoms with Crippen molar-refractivity contribution in [3.05, 3.63) is 35.9 Å². The monoisotopic (exact) mass is 501 g/mol. The van der Waals surface area contributed by atoms with Crippen LogP contribution >= 0.6 is 35.0 Å². The Morgan fingerprint density at radius 1 is 0.926 bits per heavy atom. The maximum atomic E-state index is 2.60. The van der Waals surface area contributed by atoms with E-state index in [1.54, 1.807) is 24.8 Å². The highest BCUT2D eigenvalue weighted by molar-refractivity contribution is 14.1. The van der Waals surface area contributed by atoms with Crippen molar-refractivity contribution in [3.63, 3.8) is 0 Å². The molecule has 1 aromatic rings. The third-order valence-corrected chi connectivity index (χ3v) is 9.51. The summed E-state index contributed by atoms with van der Waals surface area (Å²) in [6.07, 6.45) is 14.8. The molecule has 152 valence electrons. The van der Waals surface area contributed by atoms with Gasteiger partial charge in [0.15, 0.2) is 0 Å². The van der Waals surface area contributed by atoms with E-state index in [4.69, 9.17) is 0 Å². The Kier molecular flexibility index (Phi) is 7.58. The minimum Gasteiger partial charge on any atom is -0.298 e. The number of benzene rings is 1. The lowest BCUT2D eigenvalue weighted by molar-refractivity contribution is -0.0704. The molecule has 0 spiro atoms. The summed E-state index contributed by atoms with van der Waals surface area (Å²) in [5.74, 6) is 3.98. The molecule has 4 bridgehead atoms. The first-order chi connectivity index (χ1) is 12.6. The molecule has 0 heterocycles. The second kappa shape index (κ2) is 9.34. The van der Waals surface area contributed by atoms with Crippen molar-refractivity contribution in [2.45, 2.75) is 74.2 Å². The van der Waals surface area contributed by atoms with Gasteiger partial charge in [-0.2, -0.15) is 0 Å².